The van der Waals surface area contributed by atoms with Crippen LogP contribution in [0.3, 0.4) is 0 Å². The Balaban J connectivity index is 1.44. The molecule has 0 bridgehead atoms. The summed E-state index contributed by atoms with van der Waals surface area (Å²) in [5, 5.41) is 5.31. The van der Waals surface area contributed by atoms with Gasteiger partial charge in [0.1, 0.15) is 6.33 Å². The predicted molar refractivity (Wildman–Crippen MR) is 105 cm³/mol. The molecule has 0 aliphatic carbocycles. The summed E-state index contributed by atoms with van der Waals surface area (Å²) in [6.07, 6.45) is 5.27. The number of hydrogen-bond donors (Lipinski definition) is 0. The summed E-state index contributed by atoms with van der Waals surface area (Å²) in [7, 11) is 0. The minimum absolute atomic E-state index is 0.0658. The van der Waals surface area contributed by atoms with Crippen molar-refractivity contribution in [1.82, 2.24) is 29.5 Å². The van der Waals surface area contributed by atoms with Crippen LogP contribution in [0.5, 0.6) is 0 Å². The second-order valence-electron chi connectivity index (χ2n) is 7.30. The lowest BCUT2D eigenvalue weighted by Crippen LogP contribution is -2.39. The van der Waals surface area contributed by atoms with Crippen molar-refractivity contribution in [3.05, 3.63) is 65.9 Å². The molecule has 1 amide bonds. The molecule has 1 atom stereocenters. The standard InChI is InChI=1S/C21H20N6O/c1-14-10-19(27-21(25-14)23-13-24-27)17-5-3-9-26(12-17)20(28)16-6-7-18-15(11-16)4-2-8-22-18/h2,4,6-8,10-11,13,17H,3,5,9,12H2,1H3. The van der Waals surface area contributed by atoms with Gasteiger partial charge in [0, 0.05) is 41.8 Å². The normalized spacial score (nSPS) is 17.3. The molecule has 0 N–H and O–H groups in total. The van der Waals surface area contributed by atoms with Crippen LogP contribution >= 0.6 is 0 Å². The molecule has 1 aromatic carbocycles. The zero-order valence-corrected chi connectivity index (χ0v) is 15.6. The van der Waals surface area contributed by atoms with Crippen LogP contribution in [0.4, 0.5) is 0 Å². The maximum absolute atomic E-state index is 13.2. The third-order valence-corrected chi connectivity index (χ3v) is 5.38. The largest absolute Gasteiger partial charge is 0.338 e. The quantitative estimate of drug-likeness (QED) is 0.541. The summed E-state index contributed by atoms with van der Waals surface area (Å²) in [5.74, 6) is 0.891. The van der Waals surface area contributed by atoms with E-state index in [0.29, 0.717) is 17.9 Å². The van der Waals surface area contributed by atoms with Gasteiger partial charge in [0.15, 0.2) is 0 Å². The summed E-state index contributed by atoms with van der Waals surface area (Å²) in [5.41, 5.74) is 3.59. The molecule has 0 saturated carbocycles. The van der Waals surface area contributed by atoms with Crippen molar-refractivity contribution in [2.45, 2.75) is 25.7 Å². The van der Waals surface area contributed by atoms with Gasteiger partial charge in [-0.1, -0.05) is 6.07 Å². The van der Waals surface area contributed by atoms with Crippen molar-refractivity contribution >= 4 is 22.6 Å². The van der Waals surface area contributed by atoms with Crippen LogP contribution in [0.2, 0.25) is 0 Å². The van der Waals surface area contributed by atoms with Crippen molar-refractivity contribution in [2.75, 3.05) is 13.1 Å². The van der Waals surface area contributed by atoms with Crippen LogP contribution in [0.15, 0.2) is 48.9 Å². The number of rotatable bonds is 2. The fourth-order valence-electron chi connectivity index (χ4n) is 4.04. The van der Waals surface area contributed by atoms with Gasteiger partial charge in [0.05, 0.1) is 11.2 Å². The summed E-state index contributed by atoms with van der Waals surface area (Å²) in [4.78, 5) is 28.1. The first-order valence-corrected chi connectivity index (χ1v) is 9.50. The van der Waals surface area contributed by atoms with Crippen LogP contribution < -0.4 is 0 Å². The van der Waals surface area contributed by atoms with Gasteiger partial charge in [-0.25, -0.2) is 9.50 Å². The van der Waals surface area contributed by atoms with Crippen LogP contribution in [0.1, 0.15) is 40.5 Å². The number of pyridine rings is 1. The lowest BCUT2D eigenvalue weighted by atomic mass is 9.93. The Bertz CT molecular complexity index is 1180. The third kappa shape index (κ3) is 2.89. The minimum atomic E-state index is 0.0658. The molecule has 7 heteroatoms. The summed E-state index contributed by atoms with van der Waals surface area (Å²) < 4.78 is 1.80. The first kappa shape index (κ1) is 16.8. The number of carbonyl (C=O) groups is 1. The Kier molecular flexibility index (Phi) is 4.00. The summed E-state index contributed by atoms with van der Waals surface area (Å²) in [6, 6.07) is 11.6. The Morgan fingerprint density at radius 3 is 3.04 bits per heavy atom. The van der Waals surface area contributed by atoms with E-state index in [2.05, 4.69) is 26.1 Å². The van der Waals surface area contributed by atoms with Crippen LogP contribution in [0, 0.1) is 6.92 Å². The van der Waals surface area contributed by atoms with E-state index in [1.54, 1.807) is 10.7 Å². The van der Waals surface area contributed by atoms with Crippen molar-refractivity contribution in [2.24, 2.45) is 0 Å². The fraction of sp³-hybridized carbons (Fsp3) is 0.286. The number of hydrogen-bond acceptors (Lipinski definition) is 5. The molecule has 4 aromatic rings. The van der Waals surface area contributed by atoms with E-state index >= 15 is 0 Å². The maximum atomic E-state index is 13.2. The number of aromatic nitrogens is 5. The first-order chi connectivity index (χ1) is 13.7. The molecule has 4 heterocycles. The number of piperidine rings is 1. The SMILES string of the molecule is Cc1cc(C2CCCN(C(=O)c3ccc4ncccc4c3)C2)n2ncnc2n1. The zero-order valence-electron chi connectivity index (χ0n) is 15.6. The smallest absolute Gasteiger partial charge is 0.253 e. The first-order valence-electron chi connectivity index (χ1n) is 9.50. The molecule has 28 heavy (non-hydrogen) atoms. The second-order valence-corrected chi connectivity index (χ2v) is 7.30. The van der Waals surface area contributed by atoms with E-state index in [1.807, 2.05) is 42.2 Å². The molecule has 1 fully saturated rings. The fourth-order valence-corrected chi connectivity index (χ4v) is 4.04. The van der Waals surface area contributed by atoms with E-state index < -0.39 is 0 Å². The predicted octanol–water partition coefficient (Wildman–Crippen LogP) is 3.00. The molecular formula is C21H20N6O. The maximum Gasteiger partial charge on any atom is 0.253 e. The molecule has 0 radical (unpaired) electrons. The van der Waals surface area contributed by atoms with Crippen molar-refractivity contribution in [3.8, 4) is 0 Å². The van der Waals surface area contributed by atoms with Gasteiger partial charge in [0.25, 0.3) is 11.7 Å². The number of benzene rings is 1. The van der Waals surface area contributed by atoms with Gasteiger partial charge in [-0.15, -0.1) is 0 Å². The van der Waals surface area contributed by atoms with Gasteiger partial charge in [0.2, 0.25) is 0 Å². The van der Waals surface area contributed by atoms with Crippen LogP contribution in [-0.2, 0) is 0 Å². The zero-order chi connectivity index (χ0) is 19.1. The Labute approximate surface area is 162 Å². The lowest BCUT2D eigenvalue weighted by Gasteiger charge is -2.33. The molecule has 3 aromatic heterocycles. The molecule has 1 unspecified atom stereocenters. The van der Waals surface area contributed by atoms with Gasteiger partial charge in [-0.3, -0.25) is 9.78 Å². The third-order valence-electron chi connectivity index (χ3n) is 5.38. The minimum Gasteiger partial charge on any atom is -0.338 e. The van der Waals surface area contributed by atoms with Crippen molar-refractivity contribution in [1.29, 1.82) is 0 Å². The van der Waals surface area contributed by atoms with Crippen molar-refractivity contribution < 1.29 is 4.79 Å². The average Bonchev–Trinajstić information content (AvgIpc) is 3.20. The number of likely N-dealkylation sites (tertiary alicyclic amines) is 1. The molecule has 1 aliphatic heterocycles. The lowest BCUT2D eigenvalue weighted by molar-refractivity contribution is 0.0705. The number of carbonyl (C=O) groups excluding carboxylic acids is 1. The van der Waals surface area contributed by atoms with E-state index in [-0.39, 0.29) is 11.8 Å². The number of fused-ring (bicyclic) bond motifs is 2. The molecule has 140 valence electrons. The van der Waals surface area contributed by atoms with E-state index in [4.69, 9.17) is 0 Å². The highest BCUT2D eigenvalue weighted by Crippen LogP contribution is 2.28. The molecular weight excluding hydrogens is 352 g/mol. The number of amides is 1. The summed E-state index contributed by atoms with van der Waals surface area (Å²) >= 11 is 0. The molecule has 0 spiro atoms. The van der Waals surface area contributed by atoms with Gasteiger partial charge >= 0.3 is 0 Å². The summed E-state index contributed by atoms with van der Waals surface area (Å²) in [6.45, 7) is 3.40. The second kappa shape index (κ2) is 6.67. The Morgan fingerprint density at radius 2 is 2.11 bits per heavy atom. The van der Waals surface area contributed by atoms with Crippen LogP contribution in [0.25, 0.3) is 16.7 Å². The number of aryl methyl sites for hydroxylation is 1. The molecule has 1 aliphatic rings. The van der Waals surface area contributed by atoms with Gasteiger partial charge in [-0.05, 0) is 50.1 Å². The van der Waals surface area contributed by atoms with Gasteiger partial charge < -0.3 is 4.90 Å². The average molecular weight is 372 g/mol. The number of nitrogens with zero attached hydrogens (tertiary/aromatic N) is 6. The van der Waals surface area contributed by atoms with E-state index in [1.165, 1.54) is 6.33 Å². The van der Waals surface area contributed by atoms with Crippen molar-refractivity contribution in [3.63, 3.8) is 0 Å². The van der Waals surface area contributed by atoms with Gasteiger partial charge in [-0.2, -0.15) is 10.1 Å². The topological polar surface area (TPSA) is 76.3 Å². The Morgan fingerprint density at radius 1 is 1.18 bits per heavy atom. The molecule has 1 saturated heterocycles. The van der Waals surface area contributed by atoms with Crippen LogP contribution in [-0.4, -0.2) is 48.5 Å². The molecule has 7 nitrogen and oxygen atoms in total. The van der Waals surface area contributed by atoms with E-state index in [0.717, 1.165) is 41.7 Å². The highest BCUT2D eigenvalue weighted by Gasteiger charge is 2.27. The highest BCUT2D eigenvalue weighted by atomic mass is 16.2. The van der Waals surface area contributed by atoms with E-state index in [9.17, 15) is 4.79 Å². The Hall–Kier alpha value is -3.35. The monoisotopic (exact) mass is 372 g/mol. The highest BCUT2D eigenvalue weighted by molar-refractivity contribution is 5.98. The molecule has 5 rings (SSSR count).